The molecule has 2 aliphatic rings. The van der Waals surface area contributed by atoms with E-state index in [4.69, 9.17) is 0 Å². The van der Waals surface area contributed by atoms with Crippen molar-refractivity contribution < 1.29 is 4.79 Å². The lowest BCUT2D eigenvalue weighted by Gasteiger charge is -2.39. The number of likely N-dealkylation sites (tertiary alicyclic amines) is 1. The monoisotopic (exact) mass is 272 g/mol. The van der Waals surface area contributed by atoms with Crippen molar-refractivity contribution in [3.8, 4) is 0 Å². The van der Waals surface area contributed by atoms with Gasteiger partial charge >= 0.3 is 0 Å². The Hall–Kier alpha value is -1.51. The number of rotatable bonds is 2. The Morgan fingerprint density at radius 3 is 2.40 bits per heavy atom. The molecular formula is C17H24N2O. The number of carbonyl (C=O) groups is 1. The number of hydrogen-bond acceptors (Lipinski definition) is 2. The van der Waals surface area contributed by atoms with Gasteiger partial charge < -0.3 is 9.80 Å². The third-order valence-corrected chi connectivity index (χ3v) is 4.93. The second kappa shape index (κ2) is 5.47. The Kier molecular flexibility index (Phi) is 3.68. The van der Waals surface area contributed by atoms with Gasteiger partial charge in [0.15, 0.2) is 0 Å². The Balaban J connectivity index is 1.63. The number of anilines is 1. The first kappa shape index (κ1) is 13.5. The van der Waals surface area contributed by atoms with Gasteiger partial charge in [0.1, 0.15) is 0 Å². The van der Waals surface area contributed by atoms with Crippen LogP contribution in [0.25, 0.3) is 0 Å². The van der Waals surface area contributed by atoms with Crippen LogP contribution in [0.2, 0.25) is 0 Å². The summed E-state index contributed by atoms with van der Waals surface area (Å²) in [7, 11) is 0. The average Bonchev–Trinajstić information content (AvgIpc) is 2.40. The summed E-state index contributed by atoms with van der Waals surface area (Å²) in [5, 5.41) is 0. The molecule has 1 aromatic rings. The average molecular weight is 272 g/mol. The van der Waals surface area contributed by atoms with Crippen molar-refractivity contribution >= 4 is 11.6 Å². The topological polar surface area (TPSA) is 23.6 Å². The Morgan fingerprint density at radius 2 is 1.80 bits per heavy atom. The van der Waals surface area contributed by atoms with E-state index in [1.54, 1.807) is 0 Å². The van der Waals surface area contributed by atoms with Gasteiger partial charge in [-0.05, 0) is 50.3 Å². The second-order valence-corrected chi connectivity index (χ2v) is 6.16. The first-order valence-corrected chi connectivity index (χ1v) is 7.77. The predicted octanol–water partition coefficient (Wildman–Crippen LogP) is 2.75. The van der Waals surface area contributed by atoms with Gasteiger partial charge in [-0.3, -0.25) is 4.79 Å². The van der Waals surface area contributed by atoms with Gasteiger partial charge in [0.2, 0.25) is 5.91 Å². The van der Waals surface area contributed by atoms with E-state index in [-0.39, 0.29) is 5.92 Å². The Labute approximate surface area is 121 Å². The molecule has 3 heteroatoms. The molecule has 3 nitrogen and oxygen atoms in total. The van der Waals surface area contributed by atoms with Crippen LogP contribution < -0.4 is 4.90 Å². The highest BCUT2D eigenvalue weighted by Gasteiger charge is 2.31. The molecule has 20 heavy (non-hydrogen) atoms. The third kappa shape index (κ3) is 2.41. The summed E-state index contributed by atoms with van der Waals surface area (Å²) in [6.07, 6.45) is 3.19. The van der Waals surface area contributed by atoms with E-state index in [1.807, 2.05) is 4.90 Å². The summed E-state index contributed by atoms with van der Waals surface area (Å²) >= 11 is 0. The van der Waals surface area contributed by atoms with Crippen LogP contribution >= 0.6 is 0 Å². The van der Waals surface area contributed by atoms with Crippen LogP contribution in [-0.2, 0) is 4.79 Å². The van der Waals surface area contributed by atoms with Crippen molar-refractivity contribution in [2.24, 2.45) is 5.92 Å². The molecule has 0 atom stereocenters. The first-order chi connectivity index (χ1) is 9.66. The van der Waals surface area contributed by atoms with Crippen LogP contribution in [-0.4, -0.2) is 37.0 Å². The molecule has 2 fully saturated rings. The summed E-state index contributed by atoms with van der Waals surface area (Å²) in [6.45, 7) is 8.34. The standard InChI is InChI=1S/C17H24N2O/c1-13-5-3-6-16(14(13)2)18-11-7-15(8-12-18)17(20)19-9-4-10-19/h3,5-6,15H,4,7-12H2,1-2H3. The minimum Gasteiger partial charge on any atom is -0.371 e. The molecule has 0 unspecified atom stereocenters. The summed E-state index contributed by atoms with van der Waals surface area (Å²) in [5.41, 5.74) is 4.07. The lowest BCUT2D eigenvalue weighted by atomic mass is 9.93. The Bertz CT molecular complexity index is 500. The largest absolute Gasteiger partial charge is 0.371 e. The van der Waals surface area contributed by atoms with Crippen molar-refractivity contribution in [1.82, 2.24) is 4.90 Å². The molecule has 0 bridgehead atoms. The highest BCUT2D eigenvalue weighted by atomic mass is 16.2. The van der Waals surface area contributed by atoms with Gasteiger partial charge in [-0.25, -0.2) is 0 Å². The predicted molar refractivity (Wildman–Crippen MR) is 82.1 cm³/mol. The van der Waals surface area contributed by atoms with Gasteiger partial charge in [-0.1, -0.05) is 12.1 Å². The van der Waals surface area contributed by atoms with Gasteiger partial charge in [0.25, 0.3) is 0 Å². The maximum absolute atomic E-state index is 12.3. The number of amides is 1. The van der Waals surface area contributed by atoms with Crippen molar-refractivity contribution in [2.75, 3.05) is 31.1 Å². The van der Waals surface area contributed by atoms with Crippen LogP contribution in [0.4, 0.5) is 5.69 Å². The Morgan fingerprint density at radius 1 is 1.10 bits per heavy atom. The molecule has 0 spiro atoms. The van der Waals surface area contributed by atoms with Crippen LogP contribution in [0.3, 0.4) is 0 Å². The second-order valence-electron chi connectivity index (χ2n) is 6.16. The fourth-order valence-corrected chi connectivity index (χ4v) is 3.24. The van der Waals surface area contributed by atoms with E-state index in [1.165, 1.54) is 23.2 Å². The van der Waals surface area contributed by atoms with Crippen LogP contribution in [0.5, 0.6) is 0 Å². The van der Waals surface area contributed by atoms with Crippen molar-refractivity contribution in [3.05, 3.63) is 29.3 Å². The van der Waals surface area contributed by atoms with E-state index < -0.39 is 0 Å². The van der Waals surface area contributed by atoms with Crippen LogP contribution in [0.15, 0.2) is 18.2 Å². The molecule has 0 aliphatic carbocycles. The smallest absolute Gasteiger partial charge is 0.225 e. The van der Waals surface area contributed by atoms with Gasteiger partial charge in [0, 0.05) is 37.8 Å². The quantitative estimate of drug-likeness (QED) is 0.826. The maximum atomic E-state index is 12.3. The SMILES string of the molecule is Cc1cccc(N2CCC(C(=O)N3CCC3)CC2)c1C. The highest BCUT2D eigenvalue weighted by molar-refractivity contribution is 5.79. The molecule has 2 saturated heterocycles. The third-order valence-electron chi connectivity index (χ3n) is 4.93. The molecular weight excluding hydrogens is 248 g/mol. The van der Waals surface area contributed by atoms with E-state index in [0.717, 1.165) is 39.0 Å². The normalized spacial score (nSPS) is 19.9. The molecule has 1 amide bonds. The number of benzene rings is 1. The number of nitrogens with zero attached hydrogens (tertiary/aromatic N) is 2. The molecule has 0 radical (unpaired) electrons. The number of piperidine rings is 1. The fraction of sp³-hybridized carbons (Fsp3) is 0.588. The molecule has 0 saturated carbocycles. The van der Waals surface area contributed by atoms with E-state index in [9.17, 15) is 4.79 Å². The molecule has 108 valence electrons. The molecule has 0 N–H and O–H groups in total. The maximum Gasteiger partial charge on any atom is 0.225 e. The summed E-state index contributed by atoms with van der Waals surface area (Å²) in [6, 6.07) is 6.51. The van der Waals surface area contributed by atoms with Crippen molar-refractivity contribution in [1.29, 1.82) is 0 Å². The molecule has 2 aliphatic heterocycles. The molecule has 1 aromatic carbocycles. The number of carbonyl (C=O) groups excluding carboxylic acids is 1. The molecule has 2 heterocycles. The minimum atomic E-state index is 0.261. The summed E-state index contributed by atoms with van der Waals surface area (Å²) in [4.78, 5) is 16.7. The lowest BCUT2D eigenvalue weighted by molar-refractivity contribution is -0.139. The number of hydrogen-bond donors (Lipinski definition) is 0. The summed E-state index contributed by atoms with van der Waals surface area (Å²) in [5.74, 6) is 0.661. The van der Waals surface area contributed by atoms with Crippen LogP contribution in [0.1, 0.15) is 30.4 Å². The van der Waals surface area contributed by atoms with Crippen molar-refractivity contribution in [2.45, 2.75) is 33.1 Å². The van der Waals surface area contributed by atoms with Crippen LogP contribution in [0, 0.1) is 19.8 Å². The zero-order valence-electron chi connectivity index (χ0n) is 12.6. The molecule has 0 aromatic heterocycles. The van der Waals surface area contributed by atoms with Crippen molar-refractivity contribution in [3.63, 3.8) is 0 Å². The van der Waals surface area contributed by atoms with Gasteiger partial charge in [0.05, 0.1) is 0 Å². The lowest BCUT2D eigenvalue weighted by Crippen LogP contribution is -2.48. The number of aryl methyl sites for hydroxylation is 1. The van der Waals surface area contributed by atoms with E-state index in [2.05, 4.69) is 36.9 Å². The fourth-order valence-electron chi connectivity index (χ4n) is 3.24. The zero-order valence-corrected chi connectivity index (χ0v) is 12.6. The minimum absolute atomic E-state index is 0.261. The first-order valence-electron chi connectivity index (χ1n) is 7.77. The van der Waals surface area contributed by atoms with E-state index >= 15 is 0 Å². The molecule has 3 rings (SSSR count). The van der Waals surface area contributed by atoms with Gasteiger partial charge in [-0.15, -0.1) is 0 Å². The zero-order chi connectivity index (χ0) is 14.1. The summed E-state index contributed by atoms with van der Waals surface area (Å²) < 4.78 is 0. The van der Waals surface area contributed by atoms with E-state index in [0.29, 0.717) is 5.91 Å². The highest BCUT2D eigenvalue weighted by Crippen LogP contribution is 2.29. The van der Waals surface area contributed by atoms with Gasteiger partial charge in [-0.2, -0.15) is 0 Å².